The van der Waals surface area contributed by atoms with Crippen LogP contribution in [0, 0.1) is 0 Å². The van der Waals surface area contributed by atoms with Gasteiger partial charge in [0.2, 0.25) is 0 Å². The van der Waals surface area contributed by atoms with E-state index in [9.17, 15) is 0 Å². The van der Waals surface area contributed by atoms with Gasteiger partial charge in [-0.05, 0) is 24.3 Å². The third-order valence-electron chi connectivity index (χ3n) is 1.72. The van der Waals surface area contributed by atoms with Crippen molar-refractivity contribution in [3.8, 4) is 11.5 Å². The van der Waals surface area contributed by atoms with Crippen LogP contribution in [-0.2, 0) is 0 Å². The molecule has 0 atom stereocenters. The van der Waals surface area contributed by atoms with Crippen LogP contribution in [-0.4, -0.2) is 0 Å². The Labute approximate surface area is 91.3 Å². The fourth-order valence-corrected chi connectivity index (χ4v) is 1.11. The largest absolute Gasteiger partial charge is 0.457 e. The zero-order valence-corrected chi connectivity index (χ0v) is 9.18. The molecule has 2 aromatic rings. The molecule has 0 radical (unpaired) electrons. The number of benzene rings is 2. The molecule has 1 nitrogen and oxygen atoms in total. The highest BCUT2D eigenvalue weighted by Crippen LogP contribution is 2.19. The molecule has 0 spiro atoms. The summed E-state index contributed by atoms with van der Waals surface area (Å²) in [5, 5.41) is 0. The zero-order valence-electron chi connectivity index (χ0n) is 9.18. The Balaban J connectivity index is 0.000000531. The molecule has 0 amide bonds. The van der Waals surface area contributed by atoms with Crippen LogP contribution >= 0.6 is 0 Å². The second-order valence-electron chi connectivity index (χ2n) is 2.73. The summed E-state index contributed by atoms with van der Waals surface area (Å²) in [7, 11) is 0. The molecule has 0 aliphatic rings. The zero-order chi connectivity index (χ0) is 10.9. The molecule has 0 saturated carbocycles. The predicted octanol–water partition coefficient (Wildman–Crippen LogP) is 4.51. The Morgan fingerprint density at radius 1 is 0.600 bits per heavy atom. The van der Waals surface area contributed by atoms with Crippen molar-refractivity contribution in [2.75, 3.05) is 0 Å². The molecule has 0 N–H and O–H groups in total. The van der Waals surface area contributed by atoms with Gasteiger partial charge in [-0.25, -0.2) is 0 Å². The van der Waals surface area contributed by atoms with E-state index in [0.717, 1.165) is 11.5 Å². The maximum atomic E-state index is 5.58. The van der Waals surface area contributed by atoms with E-state index in [1.807, 2.05) is 74.5 Å². The fraction of sp³-hybridized carbons (Fsp3) is 0.143. The van der Waals surface area contributed by atoms with Crippen LogP contribution in [0.3, 0.4) is 0 Å². The smallest absolute Gasteiger partial charge is 0.127 e. The Kier molecular flexibility index (Phi) is 5.02. The first kappa shape index (κ1) is 11.3. The Morgan fingerprint density at radius 2 is 0.933 bits per heavy atom. The molecule has 78 valence electrons. The van der Waals surface area contributed by atoms with Crippen LogP contribution in [0.5, 0.6) is 11.5 Å². The highest BCUT2D eigenvalue weighted by molar-refractivity contribution is 5.30. The minimum absolute atomic E-state index is 0.869. The normalized spacial score (nSPS) is 8.67. The van der Waals surface area contributed by atoms with E-state index in [4.69, 9.17) is 4.74 Å². The monoisotopic (exact) mass is 200 g/mol. The van der Waals surface area contributed by atoms with Crippen LogP contribution in [0.15, 0.2) is 60.7 Å². The lowest BCUT2D eigenvalue weighted by atomic mass is 10.3. The molecule has 0 saturated heterocycles. The van der Waals surface area contributed by atoms with Crippen molar-refractivity contribution in [1.29, 1.82) is 0 Å². The Hall–Kier alpha value is -1.76. The summed E-state index contributed by atoms with van der Waals surface area (Å²) in [6, 6.07) is 19.5. The quantitative estimate of drug-likeness (QED) is 0.693. The van der Waals surface area contributed by atoms with Gasteiger partial charge in [0.05, 0.1) is 0 Å². The van der Waals surface area contributed by atoms with Gasteiger partial charge < -0.3 is 4.74 Å². The van der Waals surface area contributed by atoms with Crippen molar-refractivity contribution < 1.29 is 4.74 Å². The fourth-order valence-electron chi connectivity index (χ4n) is 1.11. The summed E-state index contributed by atoms with van der Waals surface area (Å²) in [6.45, 7) is 4.00. The molecule has 2 aromatic carbocycles. The lowest BCUT2D eigenvalue weighted by Crippen LogP contribution is -1.81. The third kappa shape index (κ3) is 3.86. The van der Waals surface area contributed by atoms with Gasteiger partial charge in [-0.3, -0.25) is 0 Å². The summed E-state index contributed by atoms with van der Waals surface area (Å²) >= 11 is 0. The van der Waals surface area contributed by atoms with E-state index in [1.165, 1.54) is 0 Å². The van der Waals surface area contributed by atoms with E-state index in [2.05, 4.69) is 0 Å². The Morgan fingerprint density at radius 3 is 1.27 bits per heavy atom. The molecular formula is C14H16O. The van der Waals surface area contributed by atoms with Crippen molar-refractivity contribution >= 4 is 0 Å². The molecule has 0 aliphatic heterocycles. The second kappa shape index (κ2) is 6.66. The first-order valence-electron chi connectivity index (χ1n) is 5.23. The van der Waals surface area contributed by atoms with Gasteiger partial charge in [-0.1, -0.05) is 50.2 Å². The number of para-hydroxylation sites is 2. The standard InChI is InChI=1S/C12H10O.C2H6/c1-3-7-11(8-4-1)13-12-9-5-2-6-10-12;1-2/h1-10H;1-2H3. The molecule has 0 unspecified atom stereocenters. The van der Waals surface area contributed by atoms with Crippen molar-refractivity contribution in [3.05, 3.63) is 60.7 Å². The molecule has 0 aliphatic carbocycles. The number of hydrogen-bond acceptors (Lipinski definition) is 1. The maximum absolute atomic E-state index is 5.58. The number of rotatable bonds is 2. The molecule has 2 rings (SSSR count). The number of hydrogen-bond donors (Lipinski definition) is 0. The van der Waals surface area contributed by atoms with Crippen molar-refractivity contribution in [1.82, 2.24) is 0 Å². The molecule has 0 bridgehead atoms. The van der Waals surface area contributed by atoms with Crippen LogP contribution in [0.4, 0.5) is 0 Å². The molecule has 0 fully saturated rings. The van der Waals surface area contributed by atoms with E-state index < -0.39 is 0 Å². The topological polar surface area (TPSA) is 9.23 Å². The van der Waals surface area contributed by atoms with Gasteiger partial charge in [0, 0.05) is 0 Å². The molecule has 0 heterocycles. The van der Waals surface area contributed by atoms with Crippen molar-refractivity contribution in [2.24, 2.45) is 0 Å². The van der Waals surface area contributed by atoms with Gasteiger partial charge in [0.25, 0.3) is 0 Å². The van der Waals surface area contributed by atoms with Crippen LogP contribution in [0.1, 0.15) is 13.8 Å². The highest BCUT2D eigenvalue weighted by atomic mass is 16.5. The van der Waals surface area contributed by atoms with Gasteiger partial charge in [0.1, 0.15) is 11.5 Å². The highest BCUT2D eigenvalue weighted by Gasteiger charge is 1.92. The van der Waals surface area contributed by atoms with Gasteiger partial charge in [-0.15, -0.1) is 0 Å². The van der Waals surface area contributed by atoms with Gasteiger partial charge >= 0.3 is 0 Å². The lowest BCUT2D eigenvalue weighted by Gasteiger charge is -2.03. The van der Waals surface area contributed by atoms with Gasteiger partial charge in [0.15, 0.2) is 0 Å². The maximum Gasteiger partial charge on any atom is 0.127 e. The average molecular weight is 200 g/mol. The minimum atomic E-state index is 0.869. The van der Waals surface area contributed by atoms with E-state index in [1.54, 1.807) is 0 Å². The van der Waals surface area contributed by atoms with Crippen molar-refractivity contribution in [2.45, 2.75) is 13.8 Å². The van der Waals surface area contributed by atoms with Crippen LogP contribution < -0.4 is 4.74 Å². The Bertz CT molecular complexity index is 316. The van der Waals surface area contributed by atoms with E-state index >= 15 is 0 Å². The predicted molar refractivity (Wildman–Crippen MR) is 64.3 cm³/mol. The minimum Gasteiger partial charge on any atom is -0.457 e. The summed E-state index contributed by atoms with van der Waals surface area (Å²) < 4.78 is 5.58. The molecule has 1 heteroatoms. The summed E-state index contributed by atoms with van der Waals surface area (Å²) in [4.78, 5) is 0. The second-order valence-corrected chi connectivity index (χ2v) is 2.73. The molecular weight excluding hydrogens is 184 g/mol. The summed E-state index contributed by atoms with van der Waals surface area (Å²) in [5.41, 5.74) is 0. The SMILES string of the molecule is CC.c1ccc(Oc2ccccc2)cc1. The van der Waals surface area contributed by atoms with Gasteiger partial charge in [-0.2, -0.15) is 0 Å². The first-order valence-corrected chi connectivity index (χ1v) is 5.23. The molecule has 15 heavy (non-hydrogen) atoms. The van der Waals surface area contributed by atoms with Crippen molar-refractivity contribution in [3.63, 3.8) is 0 Å². The van der Waals surface area contributed by atoms with E-state index in [-0.39, 0.29) is 0 Å². The van der Waals surface area contributed by atoms with E-state index in [0.29, 0.717) is 0 Å². The average Bonchev–Trinajstić information content (AvgIpc) is 2.34. The molecule has 0 aromatic heterocycles. The summed E-state index contributed by atoms with van der Waals surface area (Å²) in [6.07, 6.45) is 0. The number of ether oxygens (including phenoxy) is 1. The third-order valence-corrected chi connectivity index (χ3v) is 1.72. The van der Waals surface area contributed by atoms with Crippen LogP contribution in [0.25, 0.3) is 0 Å². The lowest BCUT2D eigenvalue weighted by molar-refractivity contribution is 0.482. The van der Waals surface area contributed by atoms with Crippen LogP contribution in [0.2, 0.25) is 0 Å². The first-order chi connectivity index (χ1) is 7.45. The summed E-state index contributed by atoms with van der Waals surface area (Å²) in [5.74, 6) is 1.74.